The first-order valence-corrected chi connectivity index (χ1v) is 15.6. The number of rotatable bonds is 12. The predicted molar refractivity (Wildman–Crippen MR) is 152 cm³/mol. The van der Waals surface area contributed by atoms with Gasteiger partial charge < -0.3 is 21.1 Å². The highest BCUT2D eigenvalue weighted by Crippen LogP contribution is 2.35. The second-order valence-corrected chi connectivity index (χ2v) is 13.0. The number of carbonyl (C=O) groups excluding carboxylic acids is 1. The normalized spacial score (nSPS) is 24.2. The summed E-state index contributed by atoms with van der Waals surface area (Å²) in [6.45, 7) is 0.199. The van der Waals surface area contributed by atoms with E-state index in [0.717, 1.165) is 6.42 Å². The summed E-state index contributed by atoms with van der Waals surface area (Å²) < 4.78 is 74.8. The highest BCUT2D eigenvalue weighted by Gasteiger charge is 2.43. The Bertz CT molecular complexity index is 1300. The molecule has 0 saturated carbocycles. The number of benzene rings is 2. The van der Waals surface area contributed by atoms with E-state index in [1.165, 1.54) is 43.5 Å². The topological polar surface area (TPSA) is 114 Å². The lowest BCUT2D eigenvalue weighted by Gasteiger charge is -2.38. The van der Waals surface area contributed by atoms with Gasteiger partial charge in [0.2, 0.25) is 15.9 Å². The molecule has 4 rings (SSSR count). The quantitative estimate of drug-likeness (QED) is 0.347. The molecule has 2 aromatic carbocycles. The van der Waals surface area contributed by atoms with E-state index in [9.17, 15) is 22.0 Å². The second kappa shape index (κ2) is 13.6. The largest absolute Gasteiger partial charge is 0.384 e. The summed E-state index contributed by atoms with van der Waals surface area (Å²) in [5.74, 6) is -1.53. The van der Waals surface area contributed by atoms with E-state index in [2.05, 4.69) is 10.6 Å². The van der Waals surface area contributed by atoms with Gasteiger partial charge in [-0.05, 0) is 68.4 Å². The lowest BCUT2D eigenvalue weighted by molar-refractivity contribution is -0.119. The van der Waals surface area contributed by atoms with Gasteiger partial charge in [0.25, 0.3) is 0 Å². The third-order valence-electron chi connectivity index (χ3n) is 8.32. The van der Waals surface area contributed by atoms with Crippen molar-refractivity contribution in [3.05, 3.63) is 65.2 Å². The number of amides is 1. The number of piperazine rings is 1. The molecule has 41 heavy (non-hydrogen) atoms. The van der Waals surface area contributed by atoms with Crippen LogP contribution in [0.15, 0.2) is 42.5 Å². The van der Waals surface area contributed by atoms with Crippen molar-refractivity contribution in [1.29, 1.82) is 0 Å². The molecule has 2 saturated heterocycles. The first kappa shape index (κ1) is 31.4. The van der Waals surface area contributed by atoms with Gasteiger partial charge in [0.05, 0.1) is 25.1 Å². The van der Waals surface area contributed by atoms with Crippen molar-refractivity contribution in [3.63, 3.8) is 0 Å². The molecule has 0 aliphatic carbocycles. The Balaban J connectivity index is 1.56. The average molecular weight is 597 g/mol. The van der Waals surface area contributed by atoms with Crippen LogP contribution in [0.1, 0.15) is 43.2 Å². The van der Waals surface area contributed by atoms with Crippen LogP contribution in [0.3, 0.4) is 0 Å². The molecule has 4 unspecified atom stereocenters. The fourth-order valence-electron chi connectivity index (χ4n) is 6.09. The number of hydrogen-bond donors (Lipinski definition) is 3. The van der Waals surface area contributed by atoms with Crippen molar-refractivity contribution in [3.8, 4) is 0 Å². The number of nitrogens with zero attached hydrogens (tertiary/aromatic N) is 1. The van der Waals surface area contributed by atoms with Crippen molar-refractivity contribution < 1.29 is 31.1 Å². The monoisotopic (exact) mass is 596 g/mol. The molecule has 0 spiro atoms. The van der Waals surface area contributed by atoms with E-state index in [1.54, 1.807) is 10.4 Å². The molecule has 4 N–H and O–H groups in total. The number of halogens is 3. The molecule has 1 amide bonds. The van der Waals surface area contributed by atoms with Crippen molar-refractivity contribution >= 4 is 21.6 Å². The molecule has 12 heteroatoms. The first-order valence-electron chi connectivity index (χ1n) is 14.0. The zero-order chi connectivity index (χ0) is 29.6. The highest BCUT2D eigenvalue weighted by atomic mass is 32.2. The van der Waals surface area contributed by atoms with E-state index in [4.69, 9.17) is 10.5 Å². The lowest BCUT2D eigenvalue weighted by Crippen LogP contribution is -2.57. The van der Waals surface area contributed by atoms with Crippen LogP contribution in [0.5, 0.6) is 0 Å². The van der Waals surface area contributed by atoms with Gasteiger partial charge in [-0.2, -0.15) is 4.31 Å². The van der Waals surface area contributed by atoms with Crippen LogP contribution in [0.4, 0.5) is 18.9 Å². The summed E-state index contributed by atoms with van der Waals surface area (Å²) in [4.78, 5) is 13.6. The molecule has 8 nitrogen and oxygen atoms in total. The molecule has 0 radical (unpaired) electrons. The Morgan fingerprint density at radius 1 is 1.24 bits per heavy atom. The molecule has 2 bridgehead atoms. The van der Waals surface area contributed by atoms with Gasteiger partial charge >= 0.3 is 0 Å². The smallest absolute Gasteiger partial charge is 0.242 e. The van der Waals surface area contributed by atoms with Crippen molar-refractivity contribution in [2.45, 2.75) is 62.1 Å². The predicted octanol–water partition coefficient (Wildman–Crippen LogP) is 3.26. The van der Waals surface area contributed by atoms with Crippen LogP contribution in [-0.2, 0) is 31.4 Å². The maximum Gasteiger partial charge on any atom is 0.242 e. The van der Waals surface area contributed by atoms with Gasteiger partial charge in [-0.25, -0.2) is 17.2 Å². The molecule has 5 atom stereocenters. The minimum atomic E-state index is -3.40. The summed E-state index contributed by atoms with van der Waals surface area (Å²) in [5.41, 5.74) is 6.36. The van der Waals surface area contributed by atoms with Gasteiger partial charge in [0.15, 0.2) is 0 Å². The Kier molecular flexibility index (Phi) is 10.5. The van der Waals surface area contributed by atoms with Gasteiger partial charge in [0.1, 0.15) is 11.6 Å². The number of hydrogen-bond acceptors (Lipinski definition) is 6. The van der Waals surface area contributed by atoms with E-state index >= 15 is 4.39 Å². The maximum absolute atomic E-state index is 15.1. The van der Waals surface area contributed by atoms with Crippen molar-refractivity contribution in [2.24, 2.45) is 5.73 Å². The van der Waals surface area contributed by atoms with E-state index in [1.807, 2.05) is 0 Å². The Morgan fingerprint density at radius 3 is 2.71 bits per heavy atom. The molecule has 2 fully saturated rings. The molecule has 2 aliphatic rings. The SMILES string of the molecule is COCC(CCCF)(c1ccc(F)cc1)C(N)C(=O)Nc1cccc(F)c1CC[C@H]1CNC2CCCS(=O)(=O)N1C2. The number of alkyl halides is 1. The molecular formula is C29H39F3N4O4S. The Hall–Kier alpha value is -2.51. The summed E-state index contributed by atoms with van der Waals surface area (Å²) in [6.07, 6.45) is 2.19. The van der Waals surface area contributed by atoms with Crippen LogP contribution in [0, 0.1) is 11.6 Å². The van der Waals surface area contributed by atoms with Gasteiger partial charge in [-0.3, -0.25) is 9.18 Å². The summed E-state index contributed by atoms with van der Waals surface area (Å²) in [5, 5.41) is 6.16. The highest BCUT2D eigenvalue weighted by molar-refractivity contribution is 7.89. The number of nitrogens with one attached hydrogen (secondary N) is 2. The van der Waals surface area contributed by atoms with Gasteiger partial charge in [-0.15, -0.1) is 0 Å². The fourth-order valence-corrected chi connectivity index (χ4v) is 7.90. The van der Waals surface area contributed by atoms with Gasteiger partial charge in [0, 0.05) is 48.9 Å². The molecule has 0 aromatic heterocycles. The molecule has 2 aliphatic heterocycles. The summed E-state index contributed by atoms with van der Waals surface area (Å²) >= 11 is 0. The minimum absolute atomic E-state index is 0.0246. The van der Waals surface area contributed by atoms with Crippen molar-refractivity contribution in [2.75, 3.05) is 44.6 Å². The lowest BCUT2D eigenvalue weighted by atomic mass is 9.71. The first-order chi connectivity index (χ1) is 19.6. The molecule has 2 heterocycles. The second-order valence-electron chi connectivity index (χ2n) is 10.9. The number of nitrogens with two attached hydrogens (primary N) is 1. The maximum atomic E-state index is 15.1. The van der Waals surface area contributed by atoms with Crippen LogP contribution in [0.2, 0.25) is 0 Å². The van der Waals surface area contributed by atoms with Crippen LogP contribution in [-0.4, -0.2) is 76.0 Å². The zero-order valence-corrected chi connectivity index (χ0v) is 24.1. The average Bonchev–Trinajstić information content (AvgIpc) is 3.06. The number of methoxy groups -OCH3 is 1. The summed E-state index contributed by atoms with van der Waals surface area (Å²) in [6, 6.07) is 8.37. The van der Waals surface area contributed by atoms with Crippen LogP contribution < -0.4 is 16.4 Å². The minimum Gasteiger partial charge on any atom is -0.384 e. The number of carbonyl (C=O) groups is 1. The Labute approximate surface area is 239 Å². The number of sulfonamides is 1. The van der Waals surface area contributed by atoms with E-state index in [-0.39, 0.29) is 55.0 Å². The molecular weight excluding hydrogens is 557 g/mol. The summed E-state index contributed by atoms with van der Waals surface area (Å²) in [7, 11) is -1.96. The van der Waals surface area contributed by atoms with Crippen LogP contribution >= 0.6 is 0 Å². The van der Waals surface area contributed by atoms with Crippen molar-refractivity contribution in [1.82, 2.24) is 9.62 Å². The number of ether oxygens (including phenoxy) is 1. The molecule has 226 valence electrons. The number of anilines is 1. The zero-order valence-electron chi connectivity index (χ0n) is 23.3. The third-order valence-corrected chi connectivity index (χ3v) is 10.3. The molecule has 2 aromatic rings. The standard InChI is InChI=1S/C29H39F3N4O4S/c1-40-19-29(14-4-15-30,20-8-10-21(31)11-9-20)27(33)28(37)35-26-7-2-6-25(32)24(26)13-12-23-17-34-22-5-3-16-41(38,39)36(23)18-22/h2,6-11,22-23,27,34H,3-5,12-19,33H2,1H3,(H,35,37)/t22?,23-,27?,29?/m0/s1. The van der Waals surface area contributed by atoms with Gasteiger partial charge in [-0.1, -0.05) is 18.2 Å². The third kappa shape index (κ3) is 7.11. The van der Waals surface area contributed by atoms with E-state index < -0.39 is 45.7 Å². The fraction of sp³-hybridized carbons (Fsp3) is 0.552. The number of fused-ring (bicyclic) bond motifs is 2. The van der Waals surface area contributed by atoms with E-state index in [0.29, 0.717) is 31.5 Å². The Morgan fingerprint density at radius 2 is 2.00 bits per heavy atom. The van der Waals surface area contributed by atoms with Crippen LogP contribution in [0.25, 0.3) is 0 Å².